The van der Waals surface area contributed by atoms with E-state index in [-0.39, 0.29) is 6.04 Å². The van der Waals surface area contributed by atoms with Gasteiger partial charge >= 0.3 is 0 Å². The molecule has 0 saturated heterocycles. The molecule has 0 radical (unpaired) electrons. The highest BCUT2D eigenvalue weighted by Crippen LogP contribution is 2.38. The van der Waals surface area contributed by atoms with E-state index in [1.54, 1.807) is 0 Å². The first-order chi connectivity index (χ1) is 6.81. The van der Waals surface area contributed by atoms with Gasteiger partial charge in [-0.05, 0) is 24.0 Å². The zero-order chi connectivity index (χ0) is 9.97. The maximum atomic E-state index is 6.11. The fourth-order valence-corrected chi connectivity index (χ4v) is 2.00. The first-order valence-electron chi connectivity index (χ1n) is 5.02. The van der Waals surface area contributed by atoms with Gasteiger partial charge in [-0.2, -0.15) is 0 Å². The van der Waals surface area contributed by atoms with Crippen LogP contribution in [0, 0.1) is 5.92 Å². The summed E-state index contributed by atoms with van der Waals surface area (Å²) in [5.74, 6) is 6.38. The van der Waals surface area contributed by atoms with Gasteiger partial charge in [-0.1, -0.05) is 42.6 Å². The summed E-state index contributed by atoms with van der Waals surface area (Å²) in [5.41, 5.74) is 3.96. The molecule has 1 unspecified atom stereocenters. The van der Waals surface area contributed by atoms with Crippen molar-refractivity contribution in [3.8, 4) is 0 Å². The summed E-state index contributed by atoms with van der Waals surface area (Å²) in [6.07, 6.45) is 3.77. The molecule has 1 aromatic carbocycles. The van der Waals surface area contributed by atoms with Crippen LogP contribution < -0.4 is 11.3 Å². The molecule has 14 heavy (non-hydrogen) atoms. The largest absolute Gasteiger partial charge is 0.271 e. The van der Waals surface area contributed by atoms with Crippen LogP contribution in [0.4, 0.5) is 0 Å². The first kappa shape index (κ1) is 9.97. The number of benzene rings is 1. The number of rotatable bonds is 4. The third-order valence-corrected chi connectivity index (χ3v) is 3.09. The van der Waals surface area contributed by atoms with Crippen LogP contribution in [0.25, 0.3) is 0 Å². The Hall–Kier alpha value is -0.570. The summed E-state index contributed by atoms with van der Waals surface area (Å²) in [6.45, 7) is 0. The van der Waals surface area contributed by atoms with Crippen molar-refractivity contribution in [3.05, 3.63) is 34.9 Å². The van der Waals surface area contributed by atoms with Crippen LogP contribution in [-0.4, -0.2) is 0 Å². The Morgan fingerprint density at radius 3 is 2.71 bits per heavy atom. The third kappa shape index (κ3) is 2.27. The Bertz CT molecular complexity index is 310. The lowest BCUT2D eigenvalue weighted by atomic mass is 10.0. The van der Waals surface area contributed by atoms with Crippen LogP contribution in [0.1, 0.15) is 30.9 Å². The lowest BCUT2D eigenvalue weighted by Crippen LogP contribution is -2.28. The average Bonchev–Trinajstić information content (AvgIpc) is 2.99. The first-order valence-corrected chi connectivity index (χ1v) is 5.39. The normalized spacial score (nSPS) is 18.1. The van der Waals surface area contributed by atoms with Gasteiger partial charge in [0.1, 0.15) is 0 Å². The molecule has 1 aliphatic rings. The molecule has 1 fully saturated rings. The predicted octanol–water partition coefficient (Wildman–Crippen LogP) is 2.64. The lowest BCUT2D eigenvalue weighted by molar-refractivity contribution is 0.487. The minimum atomic E-state index is 0.205. The highest BCUT2D eigenvalue weighted by molar-refractivity contribution is 6.31. The highest BCUT2D eigenvalue weighted by Gasteiger charge is 2.26. The second-order valence-corrected chi connectivity index (χ2v) is 4.33. The van der Waals surface area contributed by atoms with Gasteiger partial charge in [-0.25, -0.2) is 0 Å². The molecule has 76 valence electrons. The maximum absolute atomic E-state index is 6.11. The van der Waals surface area contributed by atoms with Crippen LogP contribution in [0.5, 0.6) is 0 Å². The SMILES string of the molecule is NNC(CC1CC1)c1ccccc1Cl. The fraction of sp³-hybridized carbons (Fsp3) is 0.455. The number of hydrogen-bond acceptors (Lipinski definition) is 2. The number of hydrazine groups is 1. The van der Waals surface area contributed by atoms with Crippen molar-refractivity contribution < 1.29 is 0 Å². The minimum Gasteiger partial charge on any atom is -0.271 e. The summed E-state index contributed by atoms with van der Waals surface area (Å²) in [6, 6.07) is 8.09. The van der Waals surface area contributed by atoms with E-state index in [1.165, 1.54) is 12.8 Å². The van der Waals surface area contributed by atoms with E-state index in [1.807, 2.05) is 24.3 Å². The quantitative estimate of drug-likeness (QED) is 0.592. The van der Waals surface area contributed by atoms with Crippen molar-refractivity contribution in [2.24, 2.45) is 11.8 Å². The molecule has 2 nitrogen and oxygen atoms in total. The van der Waals surface area contributed by atoms with Crippen LogP contribution in [-0.2, 0) is 0 Å². The van der Waals surface area contributed by atoms with Gasteiger partial charge in [0, 0.05) is 11.1 Å². The lowest BCUT2D eigenvalue weighted by Gasteiger charge is -2.17. The number of nitrogens with one attached hydrogen (secondary N) is 1. The minimum absolute atomic E-state index is 0.205. The van der Waals surface area contributed by atoms with E-state index in [0.29, 0.717) is 0 Å². The summed E-state index contributed by atoms with van der Waals surface area (Å²) >= 11 is 6.11. The Balaban J connectivity index is 2.12. The van der Waals surface area contributed by atoms with Crippen LogP contribution in [0.3, 0.4) is 0 Å². The Morgan fingerprint density at radius 2 is 2.14 bits per heavy atom. The molecule has 3 N–H and O–H groups in total. The third-order valence-electron chi connectivity index (χ3n) is 2.75. The molecule has 0 aliphatic heterocycles. The van der Waals surface area contributed by atoms with Crippen molar-refractivity contribution in [1.82, 2.24) is 5.43 Å². The second kappa shape index (κ2) is 4.30. The van der Waals surface area contributed by atoms with Gasteiger partial charge in [0.2, 0.25) is 0 Å². The molecular weight excluding hydrogens is 196 g/mol. The monoisotopic (exact) mass is 210 g/mol. The topological polar surface area (TPSA) is 38.0 Å². The second-order valence-electron chi connectivity index (χ2n) is 3.92. The van der Waals surface area contributed by atoms with E-state index < -0.39 is 0 Å². The predicted molar refractivity (Wildman–Crippen MR) is 58.9 cm³/mol. The molecule has 3 heteroatoms. The molecule has 2 rings (SSSR count). The van der Waals surface area contributed by atoms with Gasteiger partial charge in [-0.15, -0.1) is 0 Å². The summed E-state index contributed by atoms with van der Waals surface area (Å²) in [5, 5.41) is 0.802. The zero-order valence-electron chi connectivity index (χ0n) is 8.04. The molecule has 1 aliphatic carbocycles. The molecule has 0 heterocycles. The maximum Gasteiger partial charge on any atom is 0.0477 e. The van der Waals surface area contributed by atoms with Crippen molar-refractivity contribution >= 4 is 11.6 Å². The average molecular weight is 211 g/mol. The number of hydrogen-bond donors (Lipinski definition) is 2. The molecule has 0 amide bonds. The summed E-state index contributed by atoms with van der Waals surface area (Å²) in [4.78, 5) is 0. The molecule has 0 aromatic heterocycles. The van der Waals surface area contributed by atoms with Gasteiger partial charge in [0.05, 0.1) is 0 Å². The van der Waals surface area contributed by atoms with E-state index in [4.69, 9.17) is 17.4 Å². The molecule has 1 aromatic rings. The summed E-state index contributed by atoms with van der Waals surface area (Å²) < 4.78 is 0. The molecule has 1 saturated carbocycles. The van der Waals surface area contributed by atoms with Crippen LogP contribution in [0.15, 0.2) is 24.3 Å². The van der Waals surface area contributed by atoms with E-state index >= 15 is 0 Å². The Morgan fingerprint density at radius 1 is 1.43 bits per heavy atom. The van der Waals surface area contributed by atoms with E-state index in [2.05, 4.69) is 5.43 Å². The van der Waals surface area contributed by atoms with Crippen molar-refractivity contribution in [2.75, 3.05) is 0 Å². The fourth-order valence-electron chi connectivity index (χ4n) is 1.73. The summed E-state index contributed by atoms with van der Waals surface area (Å²) in [7, 11) is 0. The smallest absolute Gasteiger partial charge is 0.0477 e. The van der Waals surface area contributed by atoms with Crippen molar-refractivity contribution in [2.45, 2.75) is 25.3 Å². The van der Waals surface area contributed by atoms with Gasteiger partial charge in [0.15, 0.2) is 0 Å². The van der Waals surface area contributed by atoms with Gasteiger partial charge in [0.25, 0.3) is 0 Å². The molecular formula is C11H15ClN2. The molecule has 1 atom stereocenters. The van der Waals surface area contributed by atoms with Crippen molar-refractivity contribution in [1.29, 1.82) is 0 Å². The zero-order valence-corrected chi connectivity index (χ0v) is 8.80. The van der Waals surface area contributed by atoms with Crippen LogP contribution in [0.2, 0.25) is 5.02 Å². The molecule has 0 spiro atoms. The van der Waals surface area contributed by atoms with E-state index in [0.717, 1.165) is 22.9 Å². The van der Waals surface area contributed by atoms with Crippen molar-refractivity contribution in [3.63, 3.8) is 0 Å². The van der Waals surface area contributed by atoms with E-state index in [9.17, 15) is 0 Å². The number of halogens is 1. The highest BCUT2D eigenvalue weighted by atomic mass is 35.5. The van der Waals surface area contributed by atoms with Gasteiger partial charge < -0.3 is 0 Å². The Labute approximate surface area is 89.4 Å². The van der Waals surface area contributed by atoms with Gasteiger partial charge in [-0.3, -0.25) is 11.3 Å². The number of nitrogens with two attached hydrogens (primary N) is 1. The molecule has 0 bridgehead atoms. The Kier molecular flexibility index (Phi) is 3.06. The standard InChI is InChI=1S/C11H15ClN2/c12-10-4-2-1-3-9(10)11(14-13)7-8-5-6-8/h1-4,8,11,14H,5-7,13H2. The van der Waals surface area contributed by atoms with Crippen LogP contribution >= 0.6 is 11.6 Å².